The van der Waals surface area contributed by atoms with Crippen molar-refractivity contribution in [1.29, 1.82) is 0 Å². The Bertz CT molecular complexity index is 95.6. The minimum absolute atomic E-state index is 0.611. The maximum Gasteiger partial charge on any atom is 0.0244 e. The molecule has 0 bridgehead atoms. The fraction of sp³-hybridized carbons (Fsp3) is 1.00. The summed E-state index contributed by atoms with van der Waals surface area (Å²) in [4.78, 5) is 0. The van der Waals surface area contributed by atoms with Crippen molar-refractivity contribution >= 4 is 10.8 Å². The smallest absolute Gasteiger partial charge is 0.0244 e. The largest absolute Gasteiger partial charge is 0.317 e. The number of rotatable bonds is 6. The number of hydrogen-bond donors (Lipinski definition) is 1. The Balaban J connectivity index is 2.84. The Labute approximate surface area is 65.9 Å². The Morgan fingerprint density at radius 3 is 2.60 bits per heavy atom. The standard InChI is InChI=1S/C7H17NOS/c1-3-5-8-6-4-7-10(2)9/h8H,3-7H2,1-2H3. The van der Waals surface area contributed by atoms with Gasteiger partial charge in [0.2, 0.25) is 0 Å². The van der Waals surface area contributed by atoms with Gasteiger partial charge in [0.15, 0.2) is 0 Å². The van der Waals surface area contributed by atoms with Crippen LogP contribution in [0.1, 0.15) is 19.8 Å². The third-order valence-corrected chi connectivity index (χ3v) is 2.08. The summed E-state index contributed by atoms with van der Waals surface area (Å²) < 4.78 is 10.6. The molecule has 0 aromatic heterocycles. The first-order valence-electron chi connectivity index (χ1n) is 3.78. The second kappa shape index (κ2) is 7.22. The molecule has 1 N–H and O–H groups in total. The molecule has 62 valence electrons. The monoisotopic (exact) mass is 163 g/mol. The van der Waals surface area contributed by atoms with E-state index in [0.29, 0.717) is 0 Å². The lowest BCUT2D eigenvalue weighted by atomic mass is 10.4. The summed E-state index contributed by atoms with van der Waals surface area (Å²) >= 11 is 0. The first kappa shape index (κ1) is 10.1. The number of nitrogens with one attached hydrogen (secondary N) is 1. The van der Waals surface area contributed by atoms with Crippen LogP contribution in [0.25, 0.3) is 0 Å². The zero-order valence-electron chi connectivity index (χ0n) is 6.85. The second-order valence-electron chi connectivity index (χ2n) is 2.38. The fourth-order valence-electron chi connectivity index (χ4n) is 0.702. The lowest BCUT2D eigenvalue weighted by Crippen LogP contribution is -2.17. The second-order valence-corrected chi connectivity index (χ2v) is 3.94. The van der Waals surface area contributed by atoms with E-state index in [1.54, 1.807) is 6.26 Å². The molecular formula is C7H17NOS. The molecule has 0 aromatic carbocycles. The van der Waals surface area contributed by atoms with E-state index in [0.717, 1.165) is 25.3 Å². The van der Waals surface area contributed by atoms with Crippen molar-refractivity contribution < 1.29 is 4.21 Å². The molecule has 0 radical (unpaired) electrons. The van der Waals surface area contributed by atoms with E-state index in [9.17, 15) is 4.21 Å². The van der Waals surface area contributed by atoms with Gasteiger partial charge in [0.05, 0.1) is 0 Å². The highest BCUT2D eigenvalue weighted by Crippen LogP contribution is 1.81. The average molecular weight is 163 g/mol. The summed E-state index contributed by atoms with van der Waals surface area (Å²) in [6, 6.07) is 0. The van der Waals surface area contributed by atoms with Crippen LogP contribution in [-0.2, 0) is 10.8 Å². The van der Waals surface area contributed by atoms with Gasteiger partial charge in [0.25, 0.3) is 0 Å². The van der Waals surface area contributed by atoms with Crippen LogP contribution in [0.15, 0.2) is 0 Å². The molecule has 3 heteroatoms. The molecule has 0 saturated carbocycles. The van der Waals surface area contributed by atoms with E-state index in [2.05, 4.69) is 12.2 Å². The Morgan fingerprint density at radius 2 is 2.10 bits per heavy atom. The summed E-state index contributed by atoms with van der Waals surface area (Å²) in [7, 11) is -0.611. The van der Waals surface area contributed by atoms with Crippen LogP contribution in [-0.4, -0.2) is 29.3 Å². The predicted octanol–water partition coefficient (Wildman–Crippen LogP) is 0.755. The van der Waals surface area contributed by atoms with Gasteiger partial charge < -0.3 is 5.32 Å². The topological polar surface area (TPSA) is 29.1 Å². The summed E-state index contributed by atoms with van der Waals surface area (Å²) in [5, 5.41) is 3.26. The summed E-state index contributed by atoms with van der Waals surface area (Å²) in [6.45, 7) is 4.23. The Hall–Kier alpha value is 0.110. The van der Waals surface area contributed by atoms with Crippen molar-refractivity contribution in [3.63, 3.8) is 0 Å². The van der Waals surface area contributed by atoms with Crippen LogP contribution in [0.4, 0.5) is 0 Å². The van der Waals surface area contributed by atoms with Gasteiger partial charge in [-0.15, -0.1) is 0 Å². The van der Waals surface area contributed by atoms with Gasteiger partial charge >= 0.3 is 0 Å². The van der Waals surface area contributed by atoms with Crippen LogP contribution >= 0.6 is 0 Å². The molecule has 0 aliphatic carbocycles. The molecule has 0 aliphatic heterocycles. The van der Waals surface area contributed by atoms with Gasteiger partial charge in [-0.2, -0.15) is 0 Å². The zero-order chi connectivity index (χ0) is 7.82. The highest BCUT2D eigenvalue weighted by atomic mass is 32.2. The molecule has 0 heterocycles. The molecule has 0 aliphatic rings. The molecule has 1 atom stereocenters. The van der Waals surface area contributed by atoms with E-state index in [1.807, 2.05) is 0 Å². The van der Waals surface area contributed by atoms with Crippen molar-refractivity contribution in [2.45, 2.75) is 19.8 Å². The first-order valence-corrected chi connectivity index (χ1v) is 5.50. The molecule has 2 nitrogen and oxygen atoms in total. The third-order valence-electron chi connectivity index (χ3n) is 1.21. The van der Waals surface area contributed by atoms with Gasteiger partial charge in [-0.3, -0.25) is 4.21 Å². The third kappa shape index (κ3) is 8.11. The van der Waals surface area contributed by atoms with Crippen LogP contribution in [0.5, 0.6) is 0 Å². The molecule has 0 saturated heterocycles. The van der Waals surface area contributed by atoms with Crippen LogP contribution in [0.2, 0.25) is 0 Å². The molecule has 0 spiro atoms. The van der Waals surface area contributed by atoms with Crippen LogP contribution in [0.3, 0.4) is 0 Å². The lowest BCUT2D eigenvalue weighted by molar-refractivity contribution is 0.654. The minimum atomic E-state index is -0.611. The molecule has 0 rings (SSSR count). The molecule has 10 heavy (non-hydrogen) atoms. The molecule has 0 fully saturated rings. The minimum Gasteiger partial charge on any atom is -0.317 e. The highest BCUT2D eigenvalue weighted by Gasteiger charge is 1.89. The summed E-state index contributed by atoms with van der Waals surface area (Å²) in [5.74, 6) is 0.830. The van der Waals surface area contributed by atoms with Gasteiger partial charge in [0, 0.05) is 22.8 Å². The fourth-order valence-corrected chi connectivity index (χ4v) is 1.25. The van der Waals surface area contributed by atoms with Crippen LogP contribution in [0, 0.1) is 0 Å². The molecular weight excluding hydrogens is 146 g/mol. The lowest BCUT2D eigenvalue weighted by Gasteiger charge is -1.99. The van der Waals surface area contributed by atoms with Gasteiger partial charge in [-0.1, -0.05) is 6.92 Å². The SMILES string of the molecule is CCCNCCCS(C)=O. The van der Waals surface area contributed by atoms with E-state index in [-0.39, 0.29) is 0 Å². The quantitative estimate of drug-likeness (QED) is 0.586. The maximum absolute atomic E-state index is 10.6. The van der Waals surface area contributed by atoms with Crippen LogP contribution < -0.4 is 5.32 Å². The average Bonchev–Trinajstić information content (AvgIpc) is 1.87. The predicted molar refractivity (Wildman–Crippen MR) is 46.7 cm³/mol. The maximum atomic E-state index is 10.6. The molecule has 1 unspecified atom stereocenters. The molecule has 0 aromatic rings. The summed E-state index contributed by atoms with van der Waals surface area (Å²) in [5.41, 5.74) is 0. The van der Waals surface area contributed by atoms with Crippen molar-refractivity contribution in [3.8, 4) is 0 Å². The van der Waals surface area contributed by atoms with E-state index < -0.39 is 10.8 Å². The van der Waals surface area contributed by atoms with Gasteiger partial charge in [0.1, 0.15) is 0 Å². The van der Waals surface area contributed by atoms with Crippen molar-refractivity contribution in [2.75, 3.05) is 25.1 Å². The Kier molecular flexibility index (Phi) is 7.30. The zero-order valence-corrected chi connectivity index (χ0v) is 7.67. The van der Waals surface area contributed by atoms with Crippen molar-refractivity contribution in [2.24, 2.45) is 0 Å². The normalized spacial score (nSPS) is 13.4. The Morgan fingerprint density at radius 1 is 1.40 bits per heavy atom. The summed E-state index contributed by atoms with van der Waals surface area (Å²) in [6.07, 6.45) is 3.96. The highest BCUT2D eigenvalue weighted by molar-refractivity contribution is 7.84. The van der Waals surface area contributed by atoms with Gasteiger partial charge in [-0.25, -0.2) is 0 Å². The van der Waals surface area contributed by atoms with E-state index in [1.165, 1.54) is 6.42 Å². The first-order chi connectivity index (χ1) is 4.77. The van der Waals surface area contributed by atoms with Gasteiger partial charge in [-0.05, 0) is 25.9 Å². The molecule has 0 amide bonds. The number of hydrogen-bond acceptors (Lipinski definition) is 2. The van der Waals surface area contributed by atoms with E-state index in [4.69, 9.17) is 0 Å². The van der Waals surface area contributed by atoms with Crippen molar-refractivity contribution in [1.82, 2.24) is 5.32 Å². The van der Waals surface area contributed by atoms with E-state index >= 15 is 0 Å². The van der Waals surface area contributed by atoms with Crippen molar-refractivity contribution in [3.05, 3.63) is 0 Å².